The Kier molecular flexibility index (Phi) is 8.04. The van der Waals surface area contributed by atoms with E-state index >= 15 is 0 Å². The average molecular weight is 524 g/mol. The van der Waals surface area contributed by atoms with Gasteiger partial charge in [0.2, 0.25) is 0 Å². The monoisotopic (exact) mass is 523 g/mol. The van der Waals surface area contributed by atoms with Crippen molar-refractivity contribution < 1.29 is 33.6 Å². The molecule has 0 aliphatic carbocycles. The van der Waals surface area contributed by atoms with Crippen molar-refractivity contribution >= 4 is 5.78 Å². The van der Waals surface area contributed by atoms with Crippen molar-refractivity contribution in [1.82, 2.24) is 4.98 Å². The Bertz CT molecular complexity index is 1310. The fraction of sp³-hybridized carbons (Fsp3) is 0.400. The molecule has 1 aromatic heterocycles. The highest BCUT2D eigenvalue weighted by molar-refractivity contribution is 5.96. The smallest absolute Gasteiger partial charge is 0.163 e. The summed E-state index contributed by atoms with van der Waals surface area (Å²) in [5, 5.41) is 21.6. The molecule has 1 aliphatic rings. The zero-order valence-corrected chi connectivity index (χ0v) is 22.2. The second-order valence-electron chi connectivity index (χ2n) is 10.2. The summed E-state index contributed by atoms with van der Waals surface area (Å²) < 4.78 is 30.6. The number of aliphatic hydroxyl groups is 2. The lowest BCUT2D eigenvalue weighted by Crippen LogP contribution is -2.29. The fourth-order valence-corrected chi connectivity index (χ4v) is 4.45. The van der Waals surface area contributed by atoms with E-state index in [9.17, 15) is 19.4 Å². The molecule has 3 aromatic rings. The highest BCUT2D eigenvalue weighted by atomic mass is 19.1. The number of hydrogen-bond acceptors (Lipinski definition) is 7. The van der Waals surface area contributed by atoms with E-state index in [2.05, 4.69) is 0 Å². The summed E-state index contributed by atoms with van der Waals surface area (Å²) in [5.41, 5.74) is 0.428. The van der Waals surface area contributed by atoms with Gasteiger partial charge in [0.1, 0.15) is 29.5 Å². The number of rotatable bonds is 11. The Morgan fingerprint density at radius 1 is 1.18 bits per heavy atom. The normalized spacial score (nSPS) is 17.9. The Morgan fingerprint density at radius 2 is 1.92 bits per heavy atom. The summed E-state index contributed by atoms with van der Waals surface area (Å²) in [7, 11) is 1.52. The predicted molar refractivity (Wildman–Crippen MR) is 141 cm³/mol. The minimum atomic E-state index is -1.47. The number of carbonyl (C=O) groups is 1. The van der Waals surface area contributed by atoms with E-state index in [4.69, 9.17) is 19.2 Å². The van der Waals surface area contributed by atoms with Gasteiger partial charge in [0, 0.05) is 23.1 Å². The average Bonchev–Trinajstić information content (AvgIpc) is 3.27. The largest absolute Gasteiger partial charge is 0.493 e. The Balaban J connectivity index is 1.62. The van der Waals surface area contributed by atoms with Crippen LogP contribution in [0.3, 0.4) is 0 Å². The first-order valence-electron chi connectivity index (χ1n) is 12.7. The maximum atomic E-state index is 13.6. The second kappa shape index (κ2) is 11.1. The molecule has 4 rings (SSSR count). The van der Waals surface area contributed by atoms with Gasteiger partial charge >= 0.3 is 0 Å². The first-order chi connectivity index (χ1) is 18.1. The Labute approximate surface area is 222 Å². The van der Waals surface area contributed by atoms with Gasteiger partial charge in [-0.3, -0.25) is 4.79 Å². The first-order valence-corrected chi connectivity index (χ1v) is 12.7. The van der Waals surface area contributed by atoms with Gasteiger partial charge in [0.05, 0.1) is 31.4 Å². The Morgan fingerprint density at radius 3 is 2.58 bits per heavy atom. The molecule has 0 saturated heterocycles. The SMILES string of the molecule is CCCOc1ccc(C(=O)CCC(C)(O)c2cc3c(c(-c4ccc(F)cc4)n2)OC[C@]3(C)CO)cc1OC. The van der Waals surface area contributed by atoms with E-state index in [1.165, 1.54) is 19.2 Å². The lowest BCUT2D eigenvalue weighted by molar-refractivity contribution is 0.0396. The molecule has 0 fully saturated rings. The number of pyridine rings is 1. The maximum absolute atomic E-state index is 13.6. The number of hydrogen-bond donors (Lipinski definition) is 2. The highest BCUT2D eigenvalue weighted by Crippen LogP contribution is 2.45. The number of fused-ring (bicyclic) bond motifs is 1. The Hall–Kier alpha value is -3.49. The zero-order valence-electron chi connectivity index (χ0n) is 22.2. The molecular formula is C30H34FNO6. The molecule has 0 spiro atoms. The van der Waals surface area contributed by atoms with Crippen molar-refractivity contribution in [3.63, 3.8) is 0 Å². The molecule has 1 unspecified atom stereocenters. The van der Waals surface area contributed by atoms with E-state index in [0.29, 0.717) is 51.9 Å². The number of aliphatic hydroxyl groups excluding tert-OH is 1. The molecule has 7 nitrogen and oxygen atoms in total. The lowest BCUT2D eigenvalue weighted by atomic mass is 9.82. The minimum absolute atomic E-state index is 0.0593. The number of methoxy groups -OCH3 is 1. The van der Waals surface area contributed by atoms with Crippen LogP contribution in [-0.4, -0.2) is 47.9 Å². The van der Waals surface area contributed by atoms with Crippen molar-refractivity contribution in [1.29, 1.82) is 0 Å². The van der Waals surface area contributed by atoms with Crippen LogP contribution in [0.25, 0.3) is 11.3 Å². The number of Topliss-reactive ketones (excluding diaryl/α,β-unsaturated/α-hetero) is 1. The number of benzene rings is 2. The summed E-state index contributed by atoms with van der Waals surface area (Å²) in [6.45, 7) is 6.12. The van der Waals surface area contributed by atoms with E-state index in [1.54, 1.807) is 43.3 Å². The van der Waals surface area contributed by atoms with Gasteiger partial charge in [-0.1, -0.05) is 6.92 Å². The standard InChI is InChI=1S/C30H34FNO6/c1-5-14-37-24-11-8-20(15-25(24)36-4)23(34)12-13-30(3,35)26-16-22-28(38-18-29(22,2)17-33)27(32-26)19-6-9-21(31)10-7-19/h6-11,15-16,33,35H,5,12-14,17-18H2,1-4H3/t29-,30?/m0/s1. The van der Waals surface area contributed by atoms with Crippen LogP contribution in [0.2, 0.25) is 0 Å². The molecule has 2 N–H and O–H groups in total. The van der Waals surface area contributed by atoms with Crippen LogP contribution in [-0.2, 0) is 11.0 Å². The van der Waals surface area contributed by atoms with Crippen LogP contribution in [0.4, 0.5) is 4.39 Å². The highest BCUT2D eigenvalue weighted by Gasteiger charge is 2.40. The second-order valence-corrected chi connectivity index (χ2v) is 10.2. The first kappa shape index (κ1) is 27.5. The molecule has 0 amide bonds. The summed E-state index contributed by atoms with van der Waals surface area (Å²) in [6, 6.07) is 12.6. The van der Waals surface area contributed by atoms with Crippen LogP contribution in [0.5, 0.6) is 17.2 Å². The van der Waals surface area contributed by atoms with Crippen molar-refractivity contribution in [3.8, 4) is 28.5 Å². The van der Waals surface area contributed by atoms with Crippen LogP contribution in [0, 0.1) is 5.82 Å². The molecule has 0 saturated carbocycles. The van der Waals surface area contributed by atoms with Crippen molar-refractivity contribution in [3.05, 3.63) is 71.2 Å². The number of ether oxygens (including phenoxy) is 3. The zero-order chi connectivity index (χ0) is 27.5. The van der Waals surface area contributed by atoms with Crippen molar-refractivity contribution in [2.24, 2.45) is 0 Å². The number of nitrogens with zero attached hydrogens (tertiary/aromatic N) is 1. The third-order valence-corrected chi connectivity index (χ3v) is 6.96. The molecule has 202 valence electrons. The molecular weight excluding hydrogens is 489 g/mol. The van der Waals surface area contributed by atoms with Crippen LogP contribution >= 0.6 is 0 Å². The number of aromatic nitrogens is 1. The molecule has 2 heterocycles. The van der Waals surface area contributed by atoms with Crippen LogP contribution < -0.4 is 14.2 Å². The van der Waals surface area contributed by atoms with Gasteiger partial charge in [0.25, 0.3) is 0 Å². The number of ketones is 1. The predicted octanol–water partition coefficient (Wildman–Crippen LogP) is 5.20. The lowest BCUT2D eigenvalue weighted by Gasteiger charge is -2.26. The molecule has 8 heteroatoms. The van der Waals surface area contributed by atoms with Gasteiger partial charge in [-0.15, -0.1) is 0 Å². The van der Waals surface area contributed by atoms with Gasteiger partial charge in [-0.2, -0.15) is 0 Å². The summed E-state index contributed by atoms with van der Waals surface area (Å²) >= 11 is 0. The number of halogens is 1. The topological polar surface area (TPSA) is 98.1 Å². The summed E-state index contributed by atoms with van der Waals surface area (Å²) in [4.78, 5) is 17.8. The molecule has 2 atom stereocenters. The van der Waals surface area contributed by atoms with E-state index in [-0.39, 0.29) is 37.7 Å². The van der Waals surface area contributed by atoms with Gasteiger partial charge in [0.15, 0.2) is 17.3 Å². The third-order valence-electron chi connectivity index (χ3n) is 6.96. The van der Waals surface area contributed by atoms with E-state index in [0.717, 1.165) is 6.42 Å². The summed E-state index contributed by atoms with van der Waals surface area (Å²) in [6.07, 6.45) is 1.01. The molecule has 0 bridgehead atoms. The van der Waals surface area contributed by atoms with Crippen LogP contribution in [0.15, 0.2) is 48.5 Å². The van der Waals surface area contributed by atoms with Gasteiger partial charge in [-0.25, -0.2) is 9.37 Å². The number of carbonyl (C=O) groups excluding carboxylic acids is 1. The molecule has 1 aliphatic heterocycles. The quantitative estimate of drug-likeness (QED) is 0.334. The molecule has 38 heavy (non-hydrogen) atoms. The van der Waals surface area contributed by atoms with Crippen molar-refractivity contribution in [2.45, 2.75) is 51.0 Å². The fourth-order valence-electron chi connectivity index (χ4n) is 4.45. The molecule has 0 radical (unpaired) electrons. The third kappa shape index (κ3) is 5.51. The maximum Gasteiger partial charge on any atom is 0.163 e. The van der Waals surface area contributed by atoms with Crippen molar-refractivity contribution in [2.75, 3.05) is 26.9 Å². The minimum Gasteiger partial charge on any atom is -0.493 e. The van der Waals surface area contributed by atoms with Gasteiger partial charge < -0.3 is 24.4 Å². The van der Waals surface area contributed by atoms with E-state index in [1.807, 2.05) is 13.8 Å². The molecule has 2 aromatic carbocycles. The van der Waals surface area contributed by atoms with E-state index < -0.39 is 11.0 Å². The van der Waals surface area contributed by atoms with Crippen LogP contribution in [0.1, 0.15) is 61.6 Å². The summed E-state index contributed by atoms with van der Waals surface area (Å²) in [5.74, 6) is 1.01. The van der Waals surface area contributed by atoms with Gasteiger partial charge in [-0.05, 0) is 75.2 Å².